The first-order chi connectivity index (χ1) is 13.7. The molecule has 0 N–H and O–H groups in total. The first-order valence-corrected chi connectivity index (χ1v) is 10.5. The molecule has 2 aliphatic rings. The van der Waals surface area contributed by atoms with Gasteiger partial charge in [0.05, 0.1) is 0 Å². The van der Waals surface area contributed by atoms with Crippen LogP contribution < -0.4 is 0 Å². The Morgan fingerprint density at radius 3 is 2.18 bits per heavy atom. The van der Waals surface area contributed by atoms with E-state index >= 15 is 0 Å². The molecule has 28 heavy (non-hydrogen) atoms. The van der Waals surface area contributed by atoms with Gasteiger partial charge in [0, 0.05) is 26.1 Å². The molecule has 0 aromatic heterocycles. The van der Waals surface area contributed by atoms with Crippen molar-refractivity contribution >= 4 is 11.5 Å². The standard InChI is InChI=1S/C25H29NO2/c1-3-24-23(14-15-26(24)16-17-28-18(2)27)25-21-10-6-4-8-19(21)12-13-20-9-5-7-11-22(20)25/h4-11,24H,3,12-17H2,1-2H3. The van der Waals surface area contributed by atoms with Crippen molar-refractivity contribution in [1.82, 2.24) is 4.90 Å². The van der Waals surface area contributed by atoms with E-state index in [1.54, 1.807) is 5.57 Å². The number of carbonyl (C=O) groups excluding carboxylic acids is 1. The molecule has 1 atom stereocenters. The van der Waals surface area contributed by atoms with E-state index in [9.17, 15) is 4.79 Å². The predicted molar refractivity (Wildman–Crippen MR) is 113 cm³/mol. The molecule has 2 aromatic rings. The largest absolute Gasteiger partial charge is 0.465 e. The minimum atomic E-state index is -0.197. The van der Waals surface area contributed by atoms with Gasteiger partial charge in [0.15, 0.2) is 0 Å². The molecule has 0 bridgehead atoms. The van der Waals surface area contributed by atoms with Gasteiger partial charge >= 0.3 is 5.97 Å². The summed E-state index contributed by atoms with van der Waals surface area (Å²) in [5.41, 5.74) is 8.71. The molecule has 1 heterocycles. The highest BCUT2D eigenvalue weighted by Gasteiger charge is 2.32. The highest BCUT2D eigenvalue weighted by atomic mass is 16.5. The number of esters is 1. The van der Waals surface area contributed by atoms with E-state index in [0.29, 0.717) is 12.6 Å². The third-order valence-corrected chi connectivity index (χ3v) is 6.14. The number of hydrogen-bond donors (Lipinski definition) is 0. The van der Waals surface area contributed by atoms with Crippen molar-refractivity contribution in [1.29, 1.82) is 0 Å². The van der Waals surface area contributed by atoms with Gasteiger partial charge in [0.2, 0.25) is 0 Å². The van der Waals surface area contributed by atoms with E-state index in [2.05, 4.69) is 60.4 Å². The summed E-state index contributed by atoms with van der Waals surface area (Å²) in [7, 11) is 0. The lowest BCUT2D eigenvalue weighted by Gasteiger charge is -2.26. The number of likely N-dealkylation sites (tertiary alicyclic amines) is 1. The van der Waals surface area contributed by atoms with E-state index in [1.165, 1.54) is 34.8 Å². The average Bonchev–Trinajstić information content (AvgIpc) is 3.02. The van der Waals surface area contributed by atoms with Gasteiger partial charge in [-0.25, -0.2) is 0 Å². The van der Waals surface area contributed by atoms with Gasteiger partial charge in [-0.05, 0) is 59.1 Å². The topological polar surface area (TPSA) is 29.5 Å². The summed E-state index contributed by atoms with van der Waals surface area (Å²) in [6.07, 6.45) is 4.34. The van der Waals surface area contributed by atoms with Gasteiger partial charge in [-0.1, -0.05) is 55.5 Å². The van der Waals surface area contributed by atoms with Crippen LogP contribution in [0.3, 0.4) is 0 Å². The van der Waals surface area contributed by atoms with E-state index in [-0.39, 0.29) is 5.97 Å². The quantitative estimate of drug-likeness (QED) is 0.730. The Morgan fingerprint density at radius 2 is 1.61 bits per heavy atom. The third-order valence-electron chi connectivity index (χ3n) is 6.14. The normalized spacial score (nSPS) is 19.1. The Bertz CT molecular complexity index is 849. The maximum Gasteiger partial charge on any atom is 0.302 e. The zero-order chi connectivity index (χ0) is 19.5. The van der Waals surface area contributed by atoms with Crippen LogP contribution >= 0.6 is 0 Å². The van der Waals surface area contributed by atoms with Crippen LogP contribution in [-0.2, 0) is 22.4 Å². The SMILES string of the molecule is CCC1C(=C2c3ccccc3CCc3ccccc32)CCN1CCOC(C)=O. The number of ether oxygens (including phenoxy) is 1. The smallest absolute Gasteiger partial charge is 0.302 e. The van der Waals surface area contributed by atoms with Crippen LogP contribution in [0, 0.1) is 0 Å². The number of benzene rings is 2. The Labute approximate surface area is 168 Å². The Morgan fingerprint density at radius 1 is 1.00 bits per heavy atom. The second-order valence-corrected chi connectivity index (χ2v) is 7.76. The molecule has 4 rings (SSSR count). The molecule has 1 aliphatic heterocycles. The zero-order valence-corrected chi connectivity index (χ0v) is 16.9. The Kier molecular flexibility index (Phi) is 5.63. The van der Waals surface area contributed by atoms with Crippen LogP contribution in [0.15, 0.2) is 54.1 Å². The number of nitrogens with zero attached hydrogens (tertiary/aromatic N) is 1. The lowest BCUT2D eigenvalue weighted by atomic mass is 9.86. The van der Waals surface area contributed by atoms with E-state index in [4.69, 9.17) is 4.74 Å². The highest BCUT2D eigenvalue weighted by molar-refractivity contribution is 5.86. The molecule has 0 spiro atoms. The maximum atomic E-state index is 11.1. The molecule has 0 radical (unpaired) electrons. The summed E-state index contributed by atoms with van der Waals surface area (Å²) >= 11 is 0. The molecular formula is C25H29NO2. The lowest BCUT2D eigenvalue weighted by Crippen LogP contribution is -2.33. The van der Waals surface area contributed by atoms with E-state index in [0.717, 1.165) is 38.8 Å². The fourth-order valence-electron chi connectivity index (χ4n) is 4.90. The second-order valence-electron chi connectivity index (χ2n) is 7.76. The summed E-state index contributed by atoms with van der Waals surface area (Å²) in [5, 5.41) is 0. The number of fused-ring (bicyclic) bond motifs is 2. The number of carbonyl (C=O) groups is 1. The van der Waals surface area contributed by atoms with Crippen molar-refractivity contribution in [3.63, 3.8) is 0 Å². The Hall–Kier alpha value is -2.39. The van der Waals surface area contributed by atoms with Crippen molar-refractivity contribution in [3.8, 4) is 0 Å². The monoisotopic (exact) mass is 375 g/mol. The van der Waals surface area contributed by atoms with Gasteiger partial charge in [-0.15, -0.1) is 0 Å². The van der Waals surface area contributed by atoms with Crippen molar-refractivity contribution in [2.45, 2.75) is 45.6 Å². The molecule has 1 unspecified atom stereocenters. The summed E-state index contributed by atoms with van der Waals surface area (Å²) < 4.78 is 5.21. The van der Waals surface area contributed by atoms with Crippen LogP contribution in [0.1, 0.15) is 48.9 Å². The average molecular weight is 376 g/mol. The van der Waals surface area contributed by atoms with E-state index in [1.807, 2.05) is 0 Å². The second kappa shape index (κ2) is 8.32. The maximum absolute atomic E-state index is 11.1. The minimum Gasteiger partial charge on any atom is -0.465 e. The number of hydrogen-bond acceptors (Lipinski definition) is 3. The van der Waals surface area contributed by atoms with Crippen LogP contribution in [0.4, 0.5) is 0 Å². The summed E-state index contributed by atoms with van der Waals surface area (Å²) in [4.78, 5) is 13.6. The third kappa shape index (κ3) is 3.64. The fraction of sp³-hybridized carbons (Fsp3) is 0.400. The van der Waals surface area contributed by atoms with E-state index < -0.39 is 0 Å². The zero-order valence-electron chi connectivity index (χ0n) is 16.9. The molecule has 146 valence electrons. The van der Waals surface area contributed by atoms with Crippen molar-refractivity contribution in [3.05, 3.63) is 76.4 Å². The molecule has 0 amide bonds. The first kappa shape index (κ1) is 18.9. The van der Waals surface area contributed by atoms with Crippen LogP contribution in [-0.4, -0.2) is 36.6 Å². The van der Waals surface area contributed by atoms with Crippen molar-refractivity contribution in [2.75, 3.05) is 19.7 Å². The van der Waals surface area contributed by atoms with Gasteiger partial charge in [-0.2, -0.15) is 0 Å². The summed E-state index contributed by atoms with van der Waals surface area (Å²) in [5.74, 6) is -0.197. The minimum absolute atomic E-state index is 0.197. The van der Waals surface area contributed by atoms with Crippen LogP contribution in [0.2, 0.25) is 0 Å². The fourth-order valence-corrected chi connectivity index (χ4v) is 4.90. The van der Waals surface area contributed by atoms with Crippen molar-refractivity contribution in [2.24, 2.45) is 0 Å². The van der Waals surface area contributed by atoms with Crippen LogP contribution in [0.25, 0.3) is 5.57 Å². The molecule has 2 aromatic carbocycles. The van der Waals surface area contributed by atoms with Gasteiger partial charge in [-0.3, -0.25) is 9.69 Å². The molecule has 1 saturated heterocycles. The number of rotatable bonds is 4. The molecular weight excluding hydrogens is 346 g/mol. The lowest BCUT2D eigenvalue weighted by molar-refractivity contribution is -0.141. The summed E-state index contributed by atoms with van der Waals surface area (Å²) in [6.45, 7) is 6.06. The molecule has 1 aliphatic carbocycles. The molecule has 3 heteroatoms. The highest BCUT2D eigenvalue weighted by Crippen LogP contribution is 2.41. The Balaban J connectivity index is 1.78. The van der Waals surface area contributed by atoms with Gasteiger partial charge < -0.3 is 4.74 Å². The first-order valence-electron chi connectivity index (χ1n) is 10.5. The molecule has 1 fully saturated rings. The van der Waals surface area contributed by atoms with Crippen LogP contribution in [0.5, 0.6) is 0 Å². The van der Waals surface area contributed by atoms with Gasteiger partial charge in [0.1, 0.15) is 6.61 Å². The molecule has 3 nitrogen and oxygen atoms in total. The number of aryl methyl sites for hydroxylation is 2. The van der Waals surface area contributed by atoms with Gasteiger partial charge in [0.25, 0.3) is 0 Å². The molecule has 0 saturated carbocycles. The summed E-state index contributed by atoms with van der Waals surface area (Å²) in [6, 6.07) is 18.2. The van der Waals surface area contributed by atoms with Crippen molar-refractivity contribution < 1.29 is 9.53 Å². The predicted octanol–water partition coefficient (Wildman–Crippen LogP) is 4.63.